The number of benzene rings is 1. The molecule has 0 radical (unpaired) electrons. The second-order valence-electron chi connectivity index (χ2n) is 8.91. The molecular weight excluding hydrogens is 442 g/mol. The van der Waals surface area contributed by atoms with E-state index in [1.165, 1.54) is 31.3 Å². The van der Waals surface area contributed by atoms with Gasteiger partial charge in [-0.1, -0.05) is 25.0 Å². The summed E-state index contributed by atoms with van der Waals surface area (Å²) in [6.45, 7) is 5.77. The fourth-order valence-electron chi connectivity index (χ4n) is 4.49. The smallest absolute Gasteiger partial charge is 0.253 e. The Morgan fingerprint density at radius 2 is 2.06 bits per heavy atom. The zero-order valence-electron chi connectivity index (χ0n) is 20.5. The minimum atomic E-state index is 0.00781. The van der Waals surface area contributed by atoms with E-state index >= 15 is 0 Å². The predicted molar refractivity (Wildman–Crippen MR) is 141 cm³/mol. The van der Waals surface area contributed by atoms with Gasteiger partial charge in [-0.3, -0.25) is 4.79 Å². The van der Waals surface area contributed by atoms with Gasteiger partial charge in [0.15, 0.2) is 0 Å². The number of ether oxygens (including phenoxy) is 1. The molecule has 0 saturated heterocycles. The number of amides is 1. The van der Waals surface area contributed by atoms with Crippen LogP contribution < -0.4 is 10.1 Å². The van der Waals surface area contributed by atoms with Crippen molar-refractivity contribution in [1.29, 1.82) is 0 Å². The average molecular weight is 478 g/mol. The van der Waals surface area contributed by atoms with Gasteiger partial charge in [-0.15, -0.1) is 11.3 Å². The maximum Gasteiger partial charge on any atom is 0.253 e. The van der Waals surface area contributed by atoms with E-state index in [1.54, 1.807) is 18.4 Å². The molecule has 2 heterocycles. The number of hydrogen-bond donors (Lipinski definition) is 1. The minimum Gasteiger partial charge on any atom is -0.497 e. The summed E-state index contributed by atoms with van der Waals surface area (Å²) in [6, 6.07) is 10.0. The normalized spacial score (nSPS) is 13.6. The number of unbranched alkanes of at least 4 members (excludes halogenated alkanes) is 1. The van der Waals surface area contributed by atoms with E-state index < -0.39 is 0 Å². The van der Waals surface area contributed by atoms with Crippen LogP contribution in [0.5, 0.6) is 5.75 Å². The standard InChI is InChI=1S/C28H35N3O2S/c1-4-5-16-29-27(32)24-18-26(31(20(24)2)17-15-21-9-7-6-8-10-21)25-19-34-28(30-25)22-11-13-23(33-3)14-12-22/h9,11-14,18-19H,4-8,10,15-17H2,1-3H3,(H,29,32). The van der Waals surface area contributed by atoms with Crippen molar-refractivity contribution in [3.8, 4) is 27.7 Å². The number of thiazole rings is 1. The van der Waals surface area contributed by atoms with Gasteiger partial charge in [-0.25, -0.2) is 4.98 Å². The van der Waals surface area contributed by atoms with Gasteiger partial charge < -0.3 is 14.6 Å². The Kier molecular flexibility index (Phi) is 8.22. The first-order chi connectivity index (χ1) is 16.6. The van der Waals surface area contributed by atoms with Gasteiger partial charge in [0, 0.05) is 29.7 Å². The molecule has 5 nitrogen and oxygen atoms in total. The molecule has 1 aliphatic rings. The summed E-state index contributed by atoms with van der Waals surface area (Å²) in [7, 11) is 1.67. The lowest BCUT2D eigenvalue weighted by Crippen LogP contribution is -2.24. The summed E-state index contributed by atoms with van der Waals surface area (Å²) in [5, 5.41) is 6.15. The molecule has 1 aliphatic carbocycles. The summed E-state index contributed by atoms with van der Waals surface area (Å²) < 4.78 is 7.57. The van der Waals surface area contributed by atoms with Crippen LogP contribution in [-0.2, 0) is 6.54 Å². The van der Waals surface area contributed by atoms with Gasteiger partial charge in [-0.2, -0.15) is 0 Å². The van der Waals surface area contributed by atoms with Gasteiger partial charge in [-0.05, 0) is 75.8 Å². The highest BCUT2D eigenvalue weighted by Gasteiger charge is 2.20. The number of nitrogens with zero attached hydrogens (tertiary/aromatic N) is 2. The molecule has 1 N–H and O–H groups in total. The summed E-state index contributed by atoms with van der Waals surface area (Å²) in [6.07, 6.45) is 10.4. The fourth-order valence-corrected chi connectivity index (χ4v) is 5.31. The second-order valence-corrected chi connectivity index (χ2v) is 9.77. The van der Waals surface area contributed by atoms with Gasteiger partial charge in [0.1, 0.15) is 10.8 Å². The van der Waals surface area contributed by atoms with Crippen molar-refractivity contribution in [1.82, 2.24) is 14.9 Å². The van der Waals surface area contributed by atoms with Gasteiger partial charge >= 0.3 is 0 Å². The summed E-state index contributed by atoms with van der Waals surface area (Å²) >= 11 is 1.63. The molecule has 0 saturated carbocycles. The van der Waals surface area contributed by atoms with E-state index in [9.17, 15) is 4.79 Å². The second kappa shape index (κ2) is 11.5. The molecule has 4 rings (SSSR count). The van der Waals surface area contributed by atoms with Crippen molar-refractivity contribution in [2.24, 2.45) is 0 Å². The Labute approximate surface area is 206 Å². The van der Waals surface area contributed by atoms with Gasteiger partial charge in [0.25, 0.3) is 5.91 Å². The number of carbonyl (C=O) groups excluding carboxylic acids is 1. The molecule has 0 aliphatic heterocycles. The first-order valence-electron chi connectivity index (χ1n) is 12.4. The molecule has 0 fully saturated rings. The van der Waals surface area contributed by atoms with Crippen LogP contribution in [-0.4, -0.2) is 29.1 Å². The lowest BCUT2D eigenvalue weighted by molar-refractivity contribution is 0.0952. The van der Waals surface area contributed by atoms with Crippen LogP contribution in [0.4, 0.5) is 0 Å². The minimum absolute atomic E-state index is 0.00781. The maximum atomic E-state index is 13.0. The van der Waals surface area contributed by atoms with Crippen LogP contribution in [0.1, 0.15) is 67.9 Å². The molecule has 34 heavy (non-hydrogen) atoms. The number of carbonyl (C=O) groups is 1. The van der Waals surface area contributed by atoms with E-state index in [1.807, 2.05) is 30.3 Å². The predicted octanol–water partition coefficient (Wildman–Crippen LogP) is 7.02. The summed E-state index contributed by atoms with van der Waals surface area (Å²) in [5.41, 5.74) is 6.31. The number of allylic oxidation sites excluding steroid dienone is 2. The highest BCUT2D eigenvalue weighted by atomic mass is 32.1. The van der Waals surface area contributed by atoms with Crippen LogP contribution in [0.2, 0.25) is 0 Å². The van der Waals surface area contributed by atoms with Gasteiger partial charge in [0.2, 0.25) is 0 Å². The summed E-state index contributed by atoms with van der Waals surface area (Å²) in [5.74, 6) is 0.842. The van der Waals surface area contributed by atoms with Crippen molar-refractivity contribution in [2.75, 3.05) is 13.7 Å². The van der Waals surface area contributed by atoms with Crippen molar-refractivity contribution in [3.63, 3.8) is 0 Å². The van der Waals surface area contributed by atoms with Crippen molar-refractivity contribution in [3.05, 3.63) is 58.6 Å². The summed E-state index contributed by atoms with van der Waals surface area (Å²) in [4.78, 5) is 17.9. The Balaban J connectivity index is 1.63. The van der Waals surface area contributed by atoms with E-state index in [0.29, 0.717) is 6.54 Å². The third-order valence-corrected chi connectivity index (χ3v) is 7.46. The lowest BCUT2D eigenvalue weighted by atomic mass is 9.97. The Bertz CT molecular complexity index is 1140. The molecule has 3 aromatic rings. The van der Waals surface area contributed by atoms with E-state index in [-0.39, 0.29) is 5.91 Å². The van der Waals surface area contributed by atoms with Crippen molar-refractivity contribution >= 4 is 17.2 Å². The topological polar surface area (TPSA) is 56.1 Å². The van der Waals surface area contributed by atoms with E-state index in [2.05, 4.69) is 35.2 Å². The molecule has 0 unspecified atom stereocenters. The number of hydrogen-bond acceptors (Lipinski definition) is 4. The first-order valence-corrected chi connectivity index (χ1v) is 13.2. The van der Waals surface area contributed by atoms with Crippen molar-refractivity contribution < 1.29 is 9.53 Å². The van der Waals surface area contributed by atoms with Crippen LogP contribution in [0.15, 0.2) is 47.4 Å². The van der Waals surface area contributed by atoms with Crippen LogP contribution >= 0.6 is 11.3 Å². The molecule has 0 bridgehead atoms. The molecule has 0 spiro atoms. The molecule has 180 valence electrons. The number of nitrogens with one attached hydrogen (secondary N) is 1. The highest BCUT2D eigenvalue weighted by Crippen LogP contribution is 2.33. The lowest BCUT2D eigenvalue weighted by Gasteiger charge is -2.15. The molecular formula is C28H35N3O2S. The average Bonchev–Trinajstić information content (AvgIpc) is 3.48. The zero-order chi connectivity index (χ0) is 23.9. The third kappa shape index (κ3) is 5.61. The maximum absolute atomic E-state index is 13.0. The van der Waals surface area contributed by atoms with E-state index in [4.69, 9.17) is 9.72 Å². The quantitative estimate of drug-likeness (QED) is 0.252. The first kappa shape index (κ1) is 24.3. The van der Waals surface area contributed by atoms with Gasteiger partial charge in [0.05, 0.1) is 24.1 Å². The van der Waals surface area contributed by atoms with Crippen LogP contribution in [0.3, 0.4) is 0 Å². The Morgan fingerprint density at radius 1 is 1.24 bits per heavy atom. The highest BCUT2D eigenvalue weighted by molar-refractivity contribution is 7.13. The van der Waals surface area contributed by atoms with Crippen LogP contribution in [0.25, 0.3) is 22.0 Å². The number of methoxy groups -OCH3 is 1. The Morgan fingerprint density at radius 3 is 2.76 bits per heavy atom. The number of rotatable bonds is 10. The molecule has 1 amide bonds. The largest absolute Gasteiger partial charge is 0.497 e. The Hall–Kier alpha value is -2.86. The third-order valence-electron chi connectivity index (χ3n) is 6.57. The zero-order valence-corrected chi connectivity index (χ0v) is 21.3. The van der Waals surface area contributed by atoms with Crippen LogP contribution in [0, 0.1) is 6.92 Å². The SMILES string of the molecule is CCCCNC(=O)c1cc(-c2csc(-c3ccc(OC)cc3)n2)n(CCC2=CCCCC2)c1C. The van der Waals surface area contributed by atoms with Crippen molar-refractivity contribution in [2.45, 2.75) is 65.3 Å². The molecule has 2 aromatic heterocycles. The molecule has 1 aromatic carbocycles. The number of aromatic nitrogens is 2. The fraction of sp³-hybridized carbons (Fsp3) is 0.429. The molecule has 0 atom stereocenters. The molecule has 6 heteroatoms. The van der Waals surface area contributed by atoms with E-state index in [0.717, 1.165) is 64.8 Å². The monoisotopic (exact) mass is 477 g/mol.